The van der Waals surface area contributed by atoms with E-state index in [4.69, 9.17) is 0 Å². The number of fused-ring (bicyclic) bond motifs is 1. The summed E-state index contributed by atoms with van der Waals surface area (Å²) in [5.74, 6) is -0.484. The van der Waals surface area contributed by atoms with Gasteiger partial charge in [0, 0.05) is 49.9 Å². The molecule has 0 atom stereocenters. The summed E-state index contributed by atoms with van der Waals surface area (Å²) < 4.78 is 16.1. The normalized spacial score (nSPS) is 10.9. The molecule has 3 aromatic heterocycles. The Morgan fingerprint density at radius 2 is 1.97 bits per heavy atom. The first-order valence-corrected chi connectivity index (χ1v) is 9.10. The molecular formula is C21H18FN5O2. The van der Waals surface area contributed by atoms with Gasteiger partial charge in [-0.15, -0.1) is 0 Å². The Morgan fingerprint density at radius 3 is 2.72 bits per heavy atom. The van der Waals surface area contributed by atoms with E-state index in [9.17, 15) is 14.0 Å². The van der Waals surface area contributed by atoms with Crippen LogP contribution >= 0.6 is 0 Å². The summed E-state index contributed by atoms with van der Waals surface area (Å²) in [4.78, 5) is 28.8. The van der Waals surface area contributed by atoms with Crippen molar-refractivity contribution < 1.29 is 9.18 Å². The number of aromatic nitrogens is 4. The number of amides is 1. The average Bonchev–Trinajstić information content (AvgIpc) is 3.18. The van der Waals surface area contributed by atoms with Crippen LogP contribution in [0.4, 0.5) is 4.39 Å². The number of carbonyl (C=O) groups excluding carboxylic acids is 1. The molecule has 146 valence electrons. The predicted molar refractivity (Wildman–Crippen MR) is 106 cm³/mol. The average molecular weight is 391 g/mol. The second-order valence-electron chi connectivity index (χ2n) is 6.55. The molecule has 1 N–H and O–H groups in total. The van der Waals surface area contributed by atoms with Crippen LogP contribution in [0.2, 0.25) is 0 Å². The van der Waals surface area contributed by atoms with E-state index in [2.05, 4.69) is 15.4 Å². The van der Waals surface area contributed by atoms with Crippen LogP contribution in [-0.2, 0) is 17.9 Å². The van der Waals surface area contributed by atoms with Crippen molar-refractivity contribution in [2.24, 2.45) is 0 Å². The standard InChI is InChI=1S/C21H18FN5O2/c22-17-5-3-16(4-6-17)18-12-19-21(29)26(10-11-27(19)25-18)9-7-20(28)24-14-15-2-1-8-23-13-15/h1-6,8,10-13H,7,9,14H2,(H,24,28). The van der Waals surface area contributed by atoms with Crippen LogP contribution in [0.25, 0.3) is 16.8 Å². The summed E-state index contributed by atoms with van der Waals surface area (Å²) in [6.07, 6.45) is 6.81. The zero-order chi connectivity index (χ0) is 20.2. The van der Waals surface area contributed by atoms with Crippen LogP contribution in [0.1, 0.15) is 12.0 Å². The lowest BCUT2D eigenvalue weighted by Crippen LogP contribution is -2.27. The number of nitrogens with one attached hydrogen (secondary N) is 1. The fourth-order valence-corrected chi connectivity index (χ4v) is 2.98. The minimum atomic E-state index is -0.332. The molecule has 4 rings (SSSR count). The van der Waals surface area contributed by atoms with Crippen molar-refractivity contribution >= 4 is 11.4 Å². The number of rotatable bonds is 6. The molecular weight excluding hydrogens is 373 g/mol. The number of pyridine rings is 1. The minimum Gasteiger partial charge on any atom is -0.352 e. The van der Waals surface area contributed by atoms with Gasteiger partial charge in [-0.05, 0) is 42.0 Å². The molecule has 8 heteroatoms. The smallest absolute Gasteiger partial charge is 0.276 e. The molecule has 29 heavy (non-hydrogen) atoms. The zero-order valence-electron chi connectivity index (χ0n) is 15.5. The summed E-state index contributed by atoms with van der Waals surface area (Å²) in [5.41, 5.74) is 2.35. The van der Waals surface area contributed by atoms with Gasteiger partial charge in [0.2, 0.25) is 5.91 Å². The molecule has 0 saturated carbocycles. The van der Waals surface area contributed by atoms with Gasteiger partial charge in [0.05, 0.1) is 5.69 Å². The van der Waals surface area contributed by atoms with Gasteiger partial charge in [-0.25, -0.2) is 8.91 Å². The van der Waals surface area contributed by atoms with Gasteiger partial charge in [-0.3, -0.25) is 14.6 Å². The predicted octanol–water partition coefficient (Wildman–Crippen LogP) is 2.40. The monoisotopic (exact) mass is 391 g/mol. The lowest BCUT2D eigenvalue weighted by atomic mass is 10.1. The van der Waals surface area contributed by atoms with Gasteiger partial charge in [0.15, 0.2) is 0 Å². The highest BCUT2D eigenvalue weighted by molar-refractivity contribution is 5.75. The maximum Gasteiger partial charge on any atom is 0.276 e. The van der Waals surface area contributed by atoms with Gasteiger partial charge in [0.25, 0.3) is 5.56 Å². The van der Waals surface area contributed by atoms with Crippen LogP contribution in [-0.4, -0.2) is 25.1 Å². The summed E-state index contributed by atoms with van der Waals surface area (Å²) in [7, 11) is 0. The Kier molecular flexibility index (Phi) is 5.15. The van der Waals surface area contributed by atoms with Crippen LogP contribution in [0.3, 0.4) is 0 Å². The second-order valence-corrected chi connectivity index (χ2v) is 6.55. The maximum absolute atomic E-state index is 13.1. The van der Waals surface area contributed by atoms with E-state index in [-0.39, 0.29) is 30.2 Å². The molecule has 3 heterocycles. The van der Waals surface area contributed by atoms with Gasteiger partial charge in [0.1, 0.15) is 11.3 Å². The van der Waals surface area contributed by atoms with Crippen molar-refractivity contribution in [1.29, 1.82) is 0 Å². The quantitative estimate of drug-likeness (QED) is 0.547. The molecule has 0 spiro atoms. The number of hydrogen-bond acceptors (Lipinski definition) is 4. The van der Waals surface area contributed by atoms with Crippen LogP contribution in [0.15, 0.2) is 72.0 Å². The topological polar surface area (TPSA) is 81.3 Å². The molecule has 0 aliphatic rings. The maximum atomic E-state index is 13.1. The summed E-state index contributed by atoms with van der Waals surface area (Å²) in [6.45, 7) is 0.648. The number of carbonyl (C=O) groups is 1. The lowest BCUT2D eigenvalue weighted by molar-refractivity contribution is -0.121. The van der Waals surface area contributed by atoms with E-state index in [0.717, 1.165) is 11.1 Å². The van der Waals surface area contributed by atoms with Gasteiger partial charge in [-0.1, -0.05) is 6.07 Å². The van der Waals surface area contributed by atoms with Crippen molar-refractivity contribution in [3.05, 3.63) is 89.0 Å². The van der Waals surface area contributed by atoms with Crippen molar-refractivity contribution in [3.63, 3.8) is 0 Å². The first kappa shape index (κ1) is 18.5. The van der Waals surface area contributed by atoms with Gasteiger partial charge in [-0.2, -0.15) is 5.10 Å². The number of benzene rings is 1. The Labute approximate surface area is 165 Å². The van der Waals surface area contributed by atoms with Crippen molar-refractivity contribution in [3.8, 4) is 11.3 Å². The third-order valence-corrected chi connectivity index (χ3v) is 4.54. The summed E-state index contributed by atoms with van der Waals surface area (Å²) in [5, 5.41) is 7.18. The number of nitrogens with zero attached hydrogens (tertiary/aromatic N) is 4. The molecule has 0 aliphatic carbocycles. The molecule has 0 fully saturated rings. The molecule has 0 radical (unpaired) electrons. The SMILES string of the molecule is O=C(CCn1ccn2nc(-c3ccc(F)cc3)cc2c1=O)NCc1cccnc1. The van der Waals surface area contributed by atoms with E-state index in [1.54, 1.807) is 43.0 Å². The summed E-state index contributed by atoms with van der Waals surface area (Å²) >= 11 is 0. The van der Waals surface area contributed by atoms with E-state index in [0.29, 0.717) is 17.8 Å². The zero-order valence-corrected chi connectivity index (χ0v) is 15.5. The minimum absolute atomic E-state index is 0.152. The fourth-order valence-electron chi connectivity index (χ4n) is 2.98. The Morgan fingerprint density at radius 1 is 1.14 bits per heavy atom. The molecule has 0 bridgehead atoms. The van der Waals surface area contributed by atoms with Crippen molar-refractivity contribution in [2.45, 2.75) is 19.5 Å². The highest BCUT2D eigenvalue weighted by Crippen LogP contribution is 2.18. The first-order valence-electron chi connectivity index (χ1n) is 9.10. The Balaban J connectivity index is 1.45. The van der Waals surface area contributed by atoms with Crippen LogP contribution in [0, 0.1) is 5.82 Å². The fraction of sp³-hybridized carbons (Fsp3) is 0.143. The van der Waals surface area contributed by atoms with Gasteiger partial charge < -0.3 is 9.88 Å². The van der Waals surface area contributed by atoms with Crippen molar-refractivity contribution in [2.75, 3.05) is 0 Å². The molecule has 4 aromatic rings. The molecule has 1 aromatic carbocycles. The highest BCUT2D eigenvalue weighted by atomic mass is 19.1. The number of aryl methyl sites for hydroxylation is 1. The van der Waals surface area contributed by atoms with Crippen molar-refractivity contribution in [1.82, 2.24) is 24.5 Å². The first-order chi connectivity index (χ1) is 14.1. The van der Waals surface area contributed by atoms with E-state index in [1.165, 1.54) is 21.2 Å². The molecule has 0 saturated heterocycles. The number of halogens is 1. The van der Waals surface area contributed by atoms with E-state index < -0.39 is 0 Å². The Bertz CT molecular complexity index is 1200. The molecule has 0 unspecified atom stereocenters. The largest absolute Gasteiger partial charge is 0.352 e. The van der Waals surface area contributed by atoms with E-state index in [1.807, 2.05) is 12.1 Å². The van der Waals surface area contributed by atoms with Gasteiger partial charge >= 0.3 is 0 Å². The number of hydrogen-bond donors (Lipinski definition) is 1. The lowest BCUT2D eigenvalue weighted by Gasteiger charge is -2.07. The van der Waals surface area contributed by atoms with E-state index >= 15 is 0 Å². The van der Waals surface area contributed by atoms with Crippen LogP contribution in [0.5, 0.6) is 0 Å². The highest BCUT2D eigenvalue weighted by Gasteiger charge is 2.10. The third kappa shape index (κ3) is 4.21. The third-order valence-electron chi connectivity index (χ3n) is 4.54. The second kappa shape index (κ2) is 8.05. The molecule has 7 nitrogen and oxygen atoms in total. The Hall–Kier alpha value is -3.81. The molecule has 0 aliphatic heterocycles. The van der Waals surface area contributed by atoms with Crippen LogP contribution < -0.4 is 10.9 Å². The summed E-state index contributed by atoms with van der Waals surface area (Å²) in [6, 6.07) is 11.3. The molecule has 1 amide bonds.